The molecule has 7 nitrogen and oxygen atoms in total. The lowest BCUT2D eigenvalue weighted by Gasteiger charge is -2.36. The summed E-state index contributed by atoms with van der Waals surface area (Å²) in [5.41, 5.74) is 0.229. The predicted octanol–water partition coefficient (Wildman–Crippen LogP) is 3.08. The van der Waals surface area contributed by atoms with Crippen molar-refractivity contribution < 1.29 is 22.4 Å². The van der Waals surface area contributed by atoms with Gasteiger partial charge in [-0.2, -0.15) is 13.2 Å². The number of nitrogens with zero attached hydrogens (tertiary/aromatic N) is 4. The molecule has 1 N–H and O–H groups in total. The van der Waals surface area contributed by atoms with Crippen LogP contribution in [0.25, 0.3) is 0 Å². The lowest BCUT2D eigenvalue weighted by molar-refractivity contribution is -0.137. The van der Waals surface area contributed by atoms with E-state index in [1.54, 1.807) is 13.3 Å². The maximum absolute atomic E-state index is 12.6. The molecule has 1 fully saturated rings. The molecule has 0 aliphatic carbocycles. The van der Waals surface area contributed by atoms with Gasteiger partial charge in [-0.3, -0.25) is 9.89 Å². The molecule has 1 aliphatic heterocycles. The summed E-state index contributed by atoms with van der Waals surface area (Å²) in [5, 5.41) is 7.17. The first-order valence-corrected chi connectivity index (χ1v) is 9.33. The molecule has 30 heavy (non-hydrogen) atoms. The summed E-state index contributed by atoms with van der Waals surface area (Å²) >= 11 is 0. The van der Waals surface area contributed by atoms with Crippen molar-refractivity contribution in [1.82, 2.24) is 20.3 Å². The van der Waals surface area contributed by atoms with Crippen molar-refractivity contribution in [2.75, 3.05) is 46.4 Å². The summed E-state index contributed by atoms with van der Waals surface area (Å²) in [6, 6.07) is 6.54. The third-order valence-corrected chi connectivity index (χ3v) is 4.60. The standard InChI is InChI=1S/C19H24F3N5O2.HI/c1-23-18(27-10-8-26(9-11-27)14-16-6-12-29-25-16)24-7-13-28-17-4-2-15(3-5-17)19(20,21)22;/h2-6,12H,7-11,13-14H2,1H3,(H,23,24);1H. The van der Waals surface area contributed by atoms with E-state index >= 15 is 0 Å². The zero-order valence-electron chi connectivity index (χ0n) is 16.6. The highest BCUT2D eigenvalue weighted by Gasteiger charge is 2.30. The molecule has 1 aromatic heterocycles. The number of piperazine rings is 1. The molecule has 0 atom stereocenters. The Morgan fingerprint density at radius 1 is 1.17 bits per heavy atom. The van der Waals surface area contributed by atoms with E-state index in [2.05, 4.69) is 25.3 Å². The lowest BCUT2D eigenvalue weighted by Crippen LogP contribution is -2.52. The fraction of sp³-hybridized carbons (Fsp3) is 0.474. The summed E-state index contributed by atoms with van der Waals surface area (Å²) in [6.45, 7) is 5.00. The normalized spacial score (nSPS) is 15.6. The van der Waals surface area contributed by atoms with Gasteiger partial charge in [-0.15, -0.1) is 24.0 Å². The molecule has 0 saturated carbocycles. The predicted molar refractivity (Wildman–Crippen MR) is 117 cm³/mol. The van der Waals surface area contributed by atoms with E-state index in [0.717, 1.165) is 56.5 Å². The van der Waals surface area contributed by atoms with Crippen molar-refractivity contribution >= 4 is 29.9 Å². The molecule has 166 valence electrons. The van der Waals surface area contributed by atoms with Crippen LogP contribution in [0.4, 0.5) is 13.2 Å². The number of aromatic nitrogens is 1. The maximum Gasteiger partial charge on any atom is 0.416 e. The van der Waals surface area contributed by atoms with Gasteiger partial charge in [0.1, 0.15) is 18.6 Å². The molecular weight excluding hydrogens is 514 g/mol. The Kier molecular flexibility index (Phi) is 9.21. The van der Waals surface area contributed by atoms with Crippen LogP contribution in [0.2, 0.25) is 0 Å². The number of benzene rings is 1. The summed E-state index contributed by atoms with van der Waals surface area (Å²) < 4.78 is 48.1. The number of rotatable bonds is 6. The number of nitrogens with one attached hydrogen (secondary N) is 1. The number of hydrogen-bond donors (Lipinski definition) is 1. The highest BCUT2D eigenvalue weighted by Crippen LogP contribution is 2.30. The van der Waals surface area contributed by atoms with Crippen LogP contribution in [0.15, 0.2) is 46.1 Å². The third-order valence-electron chi connectivity index (χ3n) is 4.60. The van der Waals surface area contributed by atoms with Crippen LogP contribution in [0.5, 0.6) is 5.75 Å². The Morgan fingerprint density at radius 2 is 1.87 bits per heavy atom. The molecule has 0 unspecified atom stereocenters. The first kappa shape index (κ1) is 24.3. The molecule has 0 amide bonds. The molecule has 1 aliphatic rings. The van der Waals surface area contributed by atoms with Crippen LogP contribution >= 0.6 is 24.0 Å². The fourth-order valence-electron chi connectivity index (χ4n) is 3.07. The van der Waals surface area contributed by atoms with Crippen molar-refractivity contribution in [2.45, 2.75) is 12.7 Å². The van der Waals surface area contributed by atoms with Gasteiger partial charge in [0.15, 0.2) is 5.96 Å². The Labute approximate surface area is 190 Å². The number of aliphatic imine (C=N–C) groups is 1. The van der Waals surface area contributed by atoms with Gasteiger partial charge < -0.3 is 19.5 Å². The lowest BCUT2D eigenvalue weighted by atomic mass is 10.2. The second kappa shape index (κ2) is 11.4. The smallest absolute Gasteiger partial charge is 0.416 e. The van der Waals surface area contributed by atoms with Crippen LogP contribution in [0.1, 0.15) is 11.3 Å². The second-order valence-electron chi connectivity index (χ2n) is 6.60. The van der Waals surface area contributed by atoms with Gasteiger partial charge in [0.05, 0.1) is 17.8 Å². The van der Waals surface area contributed by atoms with Crippen LogP contribution in [0.3, 0.4) is 0 Å². The van der Waals surface area contributed by atoms with Gasteiger partial charge in [0, 0.05) is 45.8 Å². The molecule has 1 saturated heterocycles. The van der Waals surface area contributed by atoms with Crippen LogP contribution in [0, 0.1) is 0 Å². The molecule has 2 heterocycles. The summed E-state index contributed by atoms with van der Waals surface area (Å²) in [7, 11) is 1.72. The first-order valence-electron chi connectivity index (χ1n) is 9.33. The Bertz CT molecular complexity index is 776. The van der Waals surface area contributed by atoms with E-state index in [1.807, 2.05) is 6.07 Å². The largest absolute Gasteiger partial charge is 0.492 e. The third kappa shape index (κ3) is 7.04. The highest BCUT2D eigenvalue weighted by atomic mass is 127. The summed E-state index contributed by atoms with van der Waals surface area (Å²) in [6.07, 6.45) is -2.77. The second-order valence-corrected chi connectivity index (χ2v) is 6.60. The SMILES string of the molecule is CN=C(NCCOc1ccc(C(F)(F)F)cc1)N1CCN(Cc2ccon2)CC1.I. The van der Waals surface area contributed by atoms with Crippen LogP contribution < -0.4 is 10.1 Å². The zero-order valence-corrected chi connectivity index (χ0v) is 18.9. The topological polar surface area (TPSA) is 66.1 Å². The number of halogens is 4. The molecule has 0 radical (unpaired) electrons. The number of guanidine groups is 1. The Morgan fingerprint density at radius 3 is 2.43 bits per heavy atom. The Balaban J connectivity index is 0.00000320. The molecule has 11 heteroatoms. The van der Waals surface area contributed by atoms with Crippen molar-refractivity contribution in [2.24, 2.45) is 4.99 Å². The van der Waals surface area contributed by atoms with Gasteiger partial charge in [-0.1, -0.05) is 5.16 Å². The minimum atomic E-state index is -4.34. The summed E-state index contributed by atoms with van der Waals surface area (Å²) in [5.74, 6) is 1.18. The van der Waals surface area contributed by atoms with E-state index in [0.29, 0.717) is 18.9 Å². The molecule has 2 aromatic rings. The first-order chi connectivity index (χ1) is 14.0. The maximum atomic E-state index is 12.6. The van der Waals surface area contributed by atoms with Crippen molar-refractivity contribution in [1.29, 1.82) is 0 Å². The van der Waals surface area contributed by atoms with Gasteiger partial charge in [-0.05, 0) is 24.3 Å². The van der Waals surface area contributed by atoms with Gasteiger partial charge in [0.2, 0.25) is 0 Å². The van der Waals surface area contributed by atoms with Gasteiger partial charge >= 0.3 is 6.18 Å². The Hall–Kier alpha value is -2.02. The van der Waals surface area contributed by atoms with E-state index in [9.17, 15) is 13.2 Å². The van der Waals surface area contributed by atoms with E-state index in [1.165, 1.54) is 12.1 Å². The van der Waals surface area contributed by atoms with E-state index in [4.69, 9.17) is 9.26 Å². The molecule has 3 rings (SSSR count). The molecular formula is C19H25F3IN5O2. The van der Waals surface area contributed by atoms with Crippen molar-refractivity contribution in [3.05, 3.63) is 47.9 Å². The number of ether oxygens (including phenoxy) is 1. The summed E-state index contributed by atoms with van der Waals surface area (Å²) in [4.78, 5) is 8.77. The number of hydrogen-bond acceptors (Lipinski definition) is 5. The average molecular weight is 539 g/mol. The van der Waals surface area contributed by atoms with Gasteiger partial charge in [-0.25, -0.2) is 0 Å². The van der Waals surface area contributed by atoms with E-state index in [-0.39, 0.29) is 24.0 Å². The van der Waals surface area contributed by atoms with Crippen molar-refractivity contribution in [3.63, 3.8) is 0 Å². The highest BCUT2D eigenvalue weighted by molar-refractivity contribution is 14.0. The minimum absolute atomic E-state index is 0. The quantitative estimate of drug-likeness (QED) is 0.264. The molecule has 0 bridgehead atoms. The number of alkyl halides is 3. The fourth-order valence-corrected chi connectivity index (χ4v) is 3.07. The minimum Gasteiger partial charge on any atom is -0.492 e. The van der Waals surface area contributed by atoms with E-state index < -0.39 is 11.7 Å². The van der Waals surface area contributed by atoms with Crippen LogP contribution in [-0.4, -0.2) is 67.3 Å². The average Bonchev–Trinajstić information content (AvgIpc) is 3.22. The van der Waals surface area contributed by atoms with Gasteiger partial charge in [0.25, 0.3) is 0 Å². The molecule has 0 spiro atoms. The zero-order chi connectivity index (χ0) is 20.7. The van der Waals surface area contributed by atoms with Crippen molar-refractivity contribution in [3.8, 4) is 5.75 Å². The molecule has 1 aromatic carbocycles. The monoisotopic (exact) mass is 539 g/mol. The van der Waals surface area contributed by atoms with Crippen LogP contribution in [-0.2, 0) is 12.7 Å².